The van der Waals surface area contributed by atoms with Crippen LogP contribution in [-0.2, 0) is 14.0 Å². The fourth-order valence-corrected chi connectivity index (χ4v) is 2.50. The number of H-pyrrole nitrogens is 1. The zero-order chi connectivity index (χ0) is 22.9. The van der Waals surface area contributed by atoms with Gasteiger partial charge in [-0.25, -0.2) is 14.3 Å². The maximum absolute atomic E-state index is 11.8. The number of nitrogens with zero attached hydrogens (tertiary/aromatic N) is 1. The lowest BCUT2D eigenvalue weighted by atomic mass is 10.2. The Labute approximate surface area is 178 Å². The average molecular weight is 450 g/mol. The quantitative estimate of drug-likeness (QED) is 0.242. The molecule has 0 radical (unpaired) electrons. The molecular formula is C20H23N2O8P. The monoisotopic (exact) mass is 450 g/mol. The number of phosphoric acid groups is 1. The summed E-state index contributed by atoms with van der Waals surface area (Å²) < 4.78 is 24.2. The maximum atomic E-state index is 11.8. The van der Waals surface area contributed by atoms with E-state index in [0.717, 1.165) is 16.8 Å². The summed E-state index contributed by atoms with van der Waals surface area (Å²) in [6.07, 6.45) is 3.80. The van der Waals surface area contributed by atoms with Gasteiger partial charge >= 0.3 is 13.8 Å². The highest BCUT2D eigenvalue weighted by molar-refractivity contribution is 7.45. The van der Waals surface area contributed by atoms with Crippen molar-refractivity contribution in [2.24, 2.45) is 0 Å². The van der Waals surface area contributed by atoms with Crippen molar-refractivity contribution in [3.05, 3.63) is 59.4 Å². The van der Waals surface area contributed by atoms with Crippen LogP contribution in [0.25, 0.3) is 23.2 Å². The molecule has 3 rings (SSSR count). The van der Waals surface area contributed by atoms with Gasteiger partial charge in [-0.1, -0.05) is 24.3 Å². The summed E-state index contributed by atoms with van der Waals surface area (Å²) in [5, 5.41) is 0. The molecule has 3 aromatic rings. The van der Waals surface area contributed by atoms with Crippen LogP contribution in [0, 0.1) is 0 Å². The van der Waals surface area contributed by atoms with Crippen LogP contribution in [0.1, 0.15) is 21.7 Å². The van der Waals surface area contributed by atoms with Crippen LogP contribution >= 0.6 is 7.82 Å². The van der Waals surface area contributed by atoms with Gasteiger partial charge in [-0.05, 0) is 35.9 Å². The molecule has 0 fully saturated rings. The predicted octanol–water partition coefficient (Wildman–Crippen LogP) is 2.62. The molecule has 2 aromatic carbocycles. The molecule has 166 valence electrons. The molecule has 0 bridgehead atoms. The number of carbonyl (C=O) groups is 1. The number of hydrogen-bond donors (Lipinski definition) is 4. The van der Waals surface area contributed by atoms with Crippen molar-refractivity contribution < 1.29 is 38.3 Å². The van der Waals surface area contributed by atoms with Gasteiger partial charge in [0.15, 0.2) is 0 Å². The number of esters is 1. The molecule has 10 nitrogen and oxygen atoms in total. The molecule has 1 heterocycles. The molecule has 0 amide bonds. The Morgan fingerprint density at radius 1 is 1.06 bits per heavy atom. The number of fused-ring (bicyclic) bond motifs is 1. The number of nitrogens with one attached hydrogen (secondary N) is 1. The van der Waals surface area contributed by atoms with E-state index in [9.17, 15) is 4.79 Å². The number of benzene rings is 2. The SMILES string of the molecule is COCCOc1ccc(/C=C/c2nc3c(C(=O)OC)cccc3[nH]2)cc1.O=P(O)(O)O. The van der Waals surface area contributed by atoms with Crippen molar-refractivity contribution in [3.8, 4) is 5.75 Å². The van der Waals surface area contributed by atoms with Gasteiger partial charge < -0.3 is 33.9 Å². The first kappa shape index (κ1) is 24.3. The van der Waals surface area contributed by atoms with Gasteiger partial charge in [0.05, 0.1) is 24.8 Å². The number of rotatable bonds is 7. The predicted molar refractivity (Wildman–Crippen MR) is 114 cm³/mol. The molecule has 0 saturated carbocycles. The van der Waals surface area contributed by atoms with E-state index < -0.39 is 13.8 Å². The topological polar surface area (TPSA) is 151 Å². The minimum atomic E-state index is -4.64. The zero-order valence-electron chi connectivity index (χ0n) is 16.9. The van der Waals surface area contributed by atoms with Crippen LogP contribution < -0.4 is 4.74 Å². The minimum Gasteiger partial charge on any atom is -0.491 e. The van der Waals surface area contributed by atoms with Crippen molar-refractivity contribution in [2.45, 2.75) is 0 Å². The summed E-state index contributed by atoms with van der Waals surface area (Å²) in [7, 11) is -1.64. The third-order valence-corrected chi connectivity index (χ3v) is 3.81. The number of aromatic amines is 1. The first-order valence-corrected chi connectivity index (χ1v) is 10.5. The molecule has 0 spiro atoms. The summed E-state index contributed by atoms with van der Waals surface area (Å²) in [5.74, 6) is 1.06. The minimum absolute atomic E-state index is 0.401. The fraction of sp³-hybridized carbons (Fsp3) is 0.200. The smallest absolute Gasteiger partial charge is 0.466 e. The zero-order valence-corrected chi connectivity index (χ0v) is 17.8. The molecule has 1 aromatic heterocycles. The normalized spacial score (nSPS) is 11.3. The van der Waals surface area contributed by atoms with Crippen molar-refractivity contribution >= 4 is 37.0 Å². The molecule has 0 aliphatic heterocycles. The Morgan fingerprint density at radius 3 is 2.35 bits per heavy atom. The van der Waals surface area contributed by atoms with Gasteiger partial charge in [0.1, 0.15) is 23.7 Å². The lowest BCUT2D eigenvalue weighted by molar-refractivity contribution is 0.0602. The Bertz CT molecular complexity index is 1060. The molecular weight excluding hydrogens is 427 g/mol. The lowest BCUT2D eigenvalue weighted by Gasteiger charge is -2.05. The number of para-hydroxylation sites is 1. The Balaban J connectivity index is 0.000000614. The summed E-state index contributed by atoms with van der Waals surface area (Å²) >= 11 is 0. The van der Waals surface area contributed by atoms with Crippen molar-refractivity contribution in [1.82, 2.24) is 9.97 Å². The number of ether oxygens (including phenoxy) is 3. The van der Waals surface area contributed by atoms with Gasteiger partial charge in [0, 0.05) is 7.11 Å². The summed E-state index contributed by atoms with van der Waals surface area (Å²) in [6.45, 7) is 1.08. The van der Waals surface area contributed by atoms with E-state index >= 15 is 0 Å². The van der Waals surface area contributed by atoms with Crippen LogP contribution in [-0.4, -0.2) is 58.1 Å². The van der Waals surface area contributed by atoms with Crippen molar-refractivity contribution in [3.63, 3.8) is 0 Å². The largest absolute Gasteiger partial charge is 0.491 e. The molecule has 0 saturated heterocycles. The van der Waals surface area contributed by atoms with Crippen LogP contribution in [0.4, 0.5) is 0 Å². The number of hydrogen-bond acceptors (Lipinski definition) is 6. The van der Waals surface area contributed by atoms with Crippen LogP contribution in [0.2, 0.25) is 0 Å². The second-order valence-electron chi connectivity index (χ2n) is 6.07. The van der Waals surface area contributed by atoms with Gasteiger partial charge in [-0.3, -0.25) is 0 Å². The highest BCUT2D eigenvalue weighted by Crippen LogP contribution is 2.25. The van der Waals surface area contributed by atoms with Gasteiger partial charge in [-0.15, -0.1) is 0 Å². The highest BCUT2D eigenvalue weighted by Gasteiger charge is 2.12. The average Bonchev–Trinajstić information content (AvgIpc) is 3.15. The van der Waals surface area contributed by atoms with Gasteiger partial charge in [0.2, 0.25) is 0 Å². The molecule has 0 unspecified atom stereocenters. The summed E-state index contributed by atoms with van der Waals surface area (Å²) in [4.78, 5) is 41.1. The van der Waals surface area contributed by atoms with Crippen molar-refractivity contribution in [1.29, 1.82) is 0 Å². The van der Waals surface area contributed by atoms with Crippen molar-refractivity contribution in [2.75, 3.05) is 27.4 Å². The summed E-state index contributed by atoms with van der Waals surface area (Å²) in [6, 6.07) is 13.1. The Hall–Kier alpha value is -3.01. The van der Waals surface area contributed by atoms with Crippen LogP contribution in [0.5, 0.6) is 5.75 Å². The molecule has 4 N–H and O–H groups in total. The van der Waals surface area contributed by atoms with E-state index in [1.54, 1.807) is 19.2 Å². The molecule has 0 atom stereocenters. The standard InChI is InChI=1S/C20H20N2O4.H3O4P/c1-24-12-13-26-15-9-6-14(7-10-15)8-11-18-21-17-5-3-4-16(19(17)22-18)20(23)25-2;1-5(2,3)4/h3-11H,12-13H2,1-2H3,(H,21,22);(H3,1,2,3,4)/b11-8+;. The second kappa shape index (κ2) is 11.4. The first-order chi connectivity index (χ1) is 14.7. The van der Waals surface area contributed by atoms with E-state index in [1.165, 1.54) is 7.11 Å². The van der Waals surface area contributed by atoms with E-state index in [0.29, 0.717) is 30.1 Å². The summed E-state index contributed by atoms with van der Waals surface area (Å²) in [5.41, 5.74) is 2.84. The molecule has 0 aliphatic rings. The van der Waals surface area contributed by atoms with E-state index in [-0.39, 0.29) is 0 Å². The number of carbonyl (C=O) groups excluding carboxylic acids is 1. The fourth-order valence-electron chi connectivity index (χ4n) is 2.50. The van der Waals surface area contributed by atoms with Gasteiger partial charge in [0.25, 0.3) is 0 Å². The Morgan fingerprint density at radius 2 is 1.74 bits per heavy atom. The molecule has 31 heavy (non-hydrogen) atoms. The maximum Gasteiger partial charge on any atom is 0.466 e. The van der Waals surface area contributed by atoms with Crippen LogP contribution in [0.3, 0.4) is 0 Å². The third-order valence-electron chi connectivity index (χ3n) is 3.81. The molecule has 0 aliphatic carbocycles. The van der Waals surface area contributed by atoms with E-state index in [4.69, 9.17) is 33.5 Å². The highest BCUT2D eigenvalue weighted by atomic mass is 31.2. The second-order valence-corrected chi connectivity index (χ2v) is 7.10. The Kier molecular flexibility index (Phi) is 8.92. The van der Waals surface area contributed by atoms with E-state index in [2.05, 4.69) is 9.97 Å². The number of methoxy groups -OCH3 is 2. The molecule has 11 heteroatoms. The van der Waals surface area contributed by atoms with Crippen LogP contribution in [0.15, 0.2) is 42.5 Å². The third kappa shape index (κ3) is 8.33. The van der Waals surface area contributed by atoms with E-state index in [1.807, 2.05) is 42.5 Å². The number of aromatic nitrogens is 2. The first-order valence-electron chi connectivity index (χ1n) is 8.96. The number of imidazole rings is 1. The lowest BCUT2D eigenvalue weighted by Crippen LogP contribution is -2.03. The van der Waals surface area contributed by atoms with Gasteiger partial charge in [-0.2, -0.15) is 0 Å².